The zero-order valence-corrected chi connectivity index (χ0v) is 16.8. The molecule has 0 unspecified atom stereocenters. The van der Waals surface area contributed by atoms with Crippen LogP contribution in [0.15, 0.2) is 51.9 Å². The van der Waals surface area contributed by atoms with Crippen LogP contribution in [-0.4, -0.2) is 20.1 Å². The third-order valence-electron chi connectivity index (χ3n) is 5.35. The molecule has 0 aliphatic carbocycles. The van der Waals surface area contributed by atoms with Gasteiger partial charge < -0.3 is 9.73 Å². The minimum Gasteiger partial charge on any atom is -0.463 e. The Kier molecular flexibility index (Phi) is 4.96. The van der Waals surface area contributed by atoms with Crippen molar-refractivity contribution in [1.82, 2.24) is 19.5 Å². The molecule has 3 aromatic heterocycles. The summed E-state index contributed by atoms with van der Waals surface area (Å²) in [6.07, 6.45) is 2.67. The van der Waals surface area contributed by atoms with Crippen LogP contribution in [0, 0.1) is 6.92 Å². The molecule has 0 bridgehead atoms. The lowest BCUT2D eigenvalue weighted by atomic mass is 10.1. The van der Waals surface area contributed by atoms with Crippen LogP contribution in [0.2, 0.25) is 0 Å². The molecule has 1 N–H and O–H groups in total. The van der Waals surface area contributed by atoms with Crippen molar-refractivity contribution in [2.24, 2.45) is 0 Å². The van der Waals surface area contributed by atoms with Gasteiger partial charge in [-0.25, -0.2) is 4.68 Å². The first-order valence-electron chi connectivity index (χ1n) is 9.87. The summed E-state index contributed by atoms with van der Waals surface area (Å²) in [5.74, 6) is 0.494. The lowest BCUT2D eigenvalue weighted by Gasteiger charge is -2.19. The topological polar surface area (TPSA) is 81.5 Å². The number of nitrogens with one attached hydrogen (secondary N) is 1. The summed E-state index contributed by atoms with van der Waals surface area (Å²) < 4.78 is 8.59. The summed E-state index contributed by atoms with van der Waals surface area (Å²) in [4.78, 5) is 26.1. The quantitative estimate of drug-likeness (QED) is 0.545. The molecule has 4 aromatic rings. The summed E-state index contributed by atoms with van der Waals surface area (Å²) in [6.45, 7) is 6.28. The number of rotatable bonds is 6. The van der Waals surface area contributed by atoms with Gasteiger partial charge in [0.2, 0.25) is 5.91 Å². The van der Waals surface area contributed by atoms with Crippen LogP contribution in [0.1, 0.15) is 43.3 Å². The third-order valence-corrected chi connectivity index (χ3v) is 5.35. The van der Waals surface area contributed by atoms with E-state index in [2.05, 4.69) is 10.4 Å². The molecular formula is C22H24N4O3. The molecule has 0 saturated heterocycles. The van der Waals surface area contributed by atoms with Crippen LogP contribution in [0.25, 0.3) is 16.6 Å². The normalized spacial score (nSPS) is 12.5. The third kappa shape index (κ3) is 3.22. The number of hydrogen-bond acceptors (Lipinski definition) is 4. The predicted octanol–water partition coefficient (Wildman–Crippen LogP) is 3.38. The van der Waals surface area contributed by atoms with Gasteiger partial charge in [0.05, 0.1) is 11.8 Å². The maximum absolute atomic E-state index is 13.2. The van der Waals surface area contributed by atoms with Crippen LogP contribution in [0.3, 0.4) is 0 Å². The SMILES string of the molecule is CCc1nn([C@@H](CC)C(=O)NCc2ccccc2C)c(=O)c2cc3occc3n12. The van der Waals surface area contributed by atoms with E-state index in [1.54, 1.807) is 12.3 Å². The minimum atomic E-state index is -0.678. The number of aromatic nitrogens is 3. The largest absolute Gasteiger partial charge is 0.463 e. The molecule has 4 rings (SSSR count). The monoisotopic (exact) mass is 392 g/mol. The lowest BCUT2D eigenvalue weighted by molar-refractivity contribution is -0.125. The van der Waals surface area contributed by atoms with E-state index < -0.39 is 6.04 Å². The van der Waals surface area contributed by atoms with Crippen molar-refractivity contribution in [2.75, 3.05) is 0 Å². The van der Waals surface area contributed by atoms with E-state index in [1.165, 1.54) is 4.68 Å². The Balaban J connectivity index is 1.71. The number of furan rings is 1. The first kappa shape index (κ1) is 19.0. The van der Waals surface area contributed by atoms with Gasteiger partial charge in [-0.2, -0.15) is 5.10 Å². The molecular weight excluding hydrogens is 368 g/mol. The molecule has 0 saturated carbocycles. The average molecular weight is 392 g/mol. The van der Waals surface area contributed by atoms with E-state index in [0.717, 1.165) is 16.6 Å². The van der Waals surface area contributed by atoms with Gasteiger partial charge in [-0.15, -0.1) is 0 Å². The Labute approximate surface area is 167 Å². The Morgan fingerprint density at radius 1 is 1.21 bits per heavy atom. The molecule has 0 radical (unpaired) electrons. The highest BCUT2D eigenvalue weighted by Crippen LogP contribution is 2.21. The van der Waals surface area contributed by atoms with Crippen molar-refractivity contribution in [3.8, 4) is 0 Å². The number of fused-ring (bicyclic) bond motifs is 3. The zero-order valence-electron chi connectivity index (χ0n) is 16.8. The Bertz CT molecular complexity index is 1250. The highest BCUT2D eigenvalue weighted by Gasteiger charge is 2.24. The van der Waals surface area contributed by atoms with Crippen LogP contribution in [0.5, 0.6) is 0 Å². The zero-order chi connectivity index (χ0) is 20.5. The Hall–Kier alpha value is -3.35. The van der Waals surface area contributed by atoms with Crippen molar-refractivity contribution < 1.29 is 9.21 Å². The number of carbonyl (C=O) groups is 1. The minimum absolute atomic E-state index is 0.216. The van der Waals surface area contributed by atoms with Gasteiger partial charge in [0.1, 0.15) is 17.4 Å². The van der Waals surface area contributed by atoms with Crippen LogP contribution in [-0.2, 0) is 17.8 Å². The van der Waals surface area contributed by atoms with Gasteiger partial charge in [-0.05, 0) is 24.5 Å². The van der Waals surface area contributed by atoms with Crippen molar-refractivity contribution in [3.05, 3.63) is 70.0 Å². The van der Waals surface area contributed by atoms with E-state index in [0.29, 0.717) is 36.3 Å². The van der Waals surface area contributed by atoms with E-state index in [9.17, 15) is 9.59 Å². The second-order valence-corrected chi connectivity index (χ2v) is 7.12. The second-order valence-electron chi connectivity index (χ2n) is 7.12. The van der Waals surface area contributed by atoms with Crippen molar-refractivity contribution >= 4 is 22.5 Å². The maximum atomic E-state index is 13.2. The van der Waals surface area contributed by atoms with E-state index in [1.807, 2.05) is 55.5 Å². The highest BCUT2D eigenvalue weighted by atomic mass is 16.3. The van der Waals surface area contributed by atoms with E-state index in [-0.39, 0.29) is 11.5 Å². The van der Waals surface area contributed by atoms with Gasteiger partial charge in [0, 0.05) is 25.1 Å². The summed E-state index contributed by atoms with van der Waals surface area (Å²) in [7, 11) is 0. The smallest absolute Gasteiger partial charge is 0.291 e. The van der Waals surface area contributed by atoms with Crippen molar-refractivity contribution in [2.45, 2.75) is 46.2 Å². The fraction of sp³-hybridized carbons (Fsp3) is 0.318. The van der Waals surface area contributed by atoms with Gasteiger partial charge >= 0.3 is 0 Å². The van der Waals surface area contributed by atoms with Crippen LogP contribution in [0.4, 0.5) is 0 Å². The number of aryl methyl sites for hydroxylation is 2. The second kappa shape index (κ2) is 7.58. The van der Waals surface area contributed by atoms with Crippen LogP contribution >= 0.6 is 0 Å². The number of hydrogen-bond donors (Lipinski definition) is 1. The van der Waals surface area contributed by atoms with Gasteiger partial charge in [0.25, 0.3) is 5.56 Å². The lowest BCUT2D eigenvalue weighted by Crippen LogP contribution is -2.39. The van der Waals surface area contributed by atoms with Crippen LogP contribution < -0.4 is 10.9 Å². The summed E-state index contributed by atoms with van der Waals surface area (Å²) in [5, 5.41) is 7.51. The molecule has 29 heavy (non-hydrogen) atoms. The first-order valence-corrected chi connectivity index (χ1v) is 9.87. The van der Waals surface area contributed by atoms with Crippen molar-refractivity contribution in [3.63, 3.8) is 0 Å². The molecule has 7 heteroatoms. The van der Waals surface area contributed by atoms with Gasteiger partial charge in [-0.3, -0.25) is 14.0 Å². The summed E-state index contributed by atoms with van der Waals surface area (Å²) >= 11 is 0. The Morgan fingerprint density at radius 3 is 2.72 bits per heavy atom. The summed E-state index contributed by atoms with van der Waals surface area (Å²) in [6, 6.07) is 10.8. The number of amides is 1. The van der Waals surface area contributed by atoms with Gasteiger partial charge in [0.15, 0.2) is 5.58 Å². The van der Waals surface area contributed by atoms with E-state index >= 15 is 0 Å². The molecule has 3 heterocycles. The molecule has 150 valence electrons. The number of nitrogens with zero attached hydrogens (tertiary/aromatic N) is 3. The first-order chi connectivity index (χ1) is 14.0. The predicted molar refractivity (Wildman–Crippen MR) is 111 cm³/mol. The summed E-state index contributed by atoms with van der Waals surface area (Å²) in [5.41, 5.74) is 3.77. The Morgan fingerprint density at radius 2 is 2.00 bits per heavy atom. The molecule has 1 atom stereocenters. The highest BCUT2D eigenvalue weighted by molar-refractivity contribution is 5.83. The molecule has 0 fully saturated rings. The molecule has 1 amide bonds. The number of carbonyl (C=O) groups excluding carboxylic acids is 1. The van der Waals surface area contributed by atoms with E-state index in [4.69, 9.17) is 4.42 Å². The molecule has 0 aliphatic heterocycles. The fourth-order valence-electron chi connectivity index (χ4n) is 3.71. The maximum Gasteiger partial charge on any atom is 0.291 e. The van der Waals surface area contributed by atoms with Crippen molar-refractivity contribution in [1.29, 1.82) is 0 Å². The molecule has 1 aromatic carbocycles. The molecule has 0 aliphatic rings. The standard InChI is InChI=1S/C22H24N4O3/c1-4-16(21(27)23-13-15-9-7-6-8-14(15)3)26-22(28)18-12-19-17(10-11-29-19)25(18)20(5-2)24-26/h6-12,16H,4-5,13H2,1-3H3,(H,23,27)/t16-/m0/s1. The fourth-order valence-corrected chi connectivity index (χ4v) is 3.71. The average Bonchev–Trinajstić information content (AvgIpc) is 3.31. The molecule has 7 nitrogen and oxygen atoms in total. The molecule has 0 spiro atoms. The van der Waals surface area contributed by atoms with Gasteiger partial charge in [-0.1, -0.05) is 38.1 Å². The number of benzene rings is 1.